The summed E-state index contributed by atoms with van der Waals surface area (Å²) in [6.07, 6.45) is 2.82. The maximum Gasteiger partial charge on any atom is 0.408 e. The summed E-state index contributed by atoms with van der Waals surface area (Å²) in [5.74, 6) is -0.372. The van der Waals surface area contributed by atoms with Gasteiger partial charge in [-0.25, -0.2) is 9.59 Å². The molecule has 2 bridgehead atoms. The normalized spacial score (nSPS) is 26.6. The highest BCUT2D eigenvalue weighted by molar-refractivity contribution is 8.00. The van der Waals surface area contributed by atoms with E-state index in [0.717, 1.165) is 12.8 Å². The monoisotopic (exact) mass is 423 g/mol. The molecule has 30 heavy (non-hydrogen) atoms. The summed E-state index contributed by atoms with van der Waals surface area (Å²) in [5.41, 5.74) is 3.74. The summed E-state index contributed by atoms with van der Waals surface area (Å²) < 4.78 is 10.8. The number of hydrogen-bond acceptors (Lipinski definition) is 5. The molecular formula is C24H25NO4S. The molecule has 1 N–H and O–H groups in total. The zero-order valence-electron chi connectivity index (χ0n) is 16.9. The van der Waals surface area contributed by atoms with Crippen LogP contribution in [0.15, 0.2) is 48.5 Å². The van der Waals surface area contributed by atoms with Gasteiger partial charge in [0.15, 0.2) is 0 Å². The lowest BCUT2D eigenvalue weighted by molar-refractivity contribution is -0.149. The van der Waals surface area contributed by atoms with Gasteiger partial charge in [-0.2, -0.15) is 11.8 Å². The maximum atomic E-state index is 12.8. The molecule has 2 aromatic rings. The standard InChI is InChI=1S/C24H25NO4S/c1-28-22(26)24(12-15-10-11-16(13-24)30-15)25-23(27)29-14-21-19-8-4-2-6-17(19)18-7-3-5-9-20(18)21/h2-9,15-16,21H,10-14H2,1H3,(H,25,27). The topological polar surface area (TPSA) is 64.6 Å². The van der Waals surface area contributed by atoms with E-state index in [2.05, 4.69) is 29.6 Å². The second-order valence-electron chi connectivity index (χ2n) is 8.39. The summed E-state index contributed by atoms with van der Waals surface area (Å²) in [4.78, 5) is 25.4. The molecular weight excluding hydrogens is 398 g/mol. The molecule has 6 heteroatoms. The van der Waals surface area contributed by atoms with E-state index in [-0.39, 0.29) is 18.5 Å². The van der Waals surface area contributed by atoms with Crippen molar-refractivity contribution in [2.24, 2.45) is 0 Å². The SMILES string of the molecule is COC(=O)C1(NC(=O)OCC2c3ccccc3-c3ccccc32)CC2CCC(C1)S2. The molecule has 156 valence electrons. The number of alkyl carbamates (subject to hydrolysis) is 1. The molecule has 0 spiro atoms. The third kappa shape index (κ3) is 3.27. The van der Waals surface area contributed by atoms with Crippen LogP contribution in [-0.4, -0.2) is 41.8 Å². The van der Waals surface area contributed by atoms with E-state index in [1.807, 2.05) is 36.0 Å². The van der Waals surface area contributed by atoms with Crippen LogP contribution in [-0.2, 0) is 14.3 Å². The summed E-state index contributed by atoms with van der Waals surface area (Å²) in [6.45, 7) is 0.235. The Hall–Kier alpha value is -2.47. The average molecular weight is 424 g/mol. The number of esters is 1. The lowest BCUT2D eigenvalue weighted by Crippen LogP contribution is -2.58. The molecule has 2 aromatic carbocycles. The number of methoxy groups -OCH3 is 1. The van der Waals surface area contributed by atoms with E-state index in [9.17, 15) is 9.59 Å². The summed E-state index contributed by atoms with van der Waals surface area (Å²) in [5, 5.41) is 3.68. The molecule has 1 aliphatic carbocycles. The van der Waals surface area contributed by atoms with Gasteiger partial charge < -0.3 is 14.8 Å². The number of fused-ring (bicyclic) bond motifs is 5. The van der Waals surface area contributed by atoms with Crippen LogP contribution in [0.25, 0.3) is 11.1 Å². The molecule has 5 nitrogen and oxygen atoms in total. The second-order valence-corrected chi connectivity index (χ2v) is 10.00. The molecule has 2 unspecified atom stereocenters. The molecule has 1 amide bonds. The predicted octanol–water partition coefficient (Wildman–Crippen LogP) is 4.49. The fourth-order valence-electron chi connectivity index (χ4n) is 5.29. The fourth-order valence-corrected chi connectivity index (χ4v) is 7.14. The number of benzene rings is 2. The molecule has 2 heterocycles. The van der Waals surface area contributed by atoms with Gasteiger partial charge in [-0.3, -0.25) is 0 Å². The number of carbonyl (C=O) groups excluding carboxylic acids is 2. The lowest BCUT2D eigenvalue weighted by atomic mass is 9.89. The van der Waals surface area contributed by atoms with Gasteiger partial charge in [-0.05, 0) is 47.9 Å². The number of carbonyl (C=O) groups is 2. The van der Waals surface area contributed by atoms with Gasteiger partial charge in [-0.1, -0.05) is 48.5 Å². The molecule has 2 atom stereocenters. The Bertz CT molecular complexity index is 933. The Kier molecular flexibility index (Phi) is 4.97. The Morgan fingerprint density at radius 1 is 1.00 bits per heavy atom. The fraction of sp³-hybridized carbons (Fsp3) is 0.417. The molecule has 2 saturated heterocycles. The van der Waals surface area contributed by atoms with Crippen LogP contribution in [0.2, 0.25) is 0 Å². The number of rotatable bonds is 4. The van der Waals surface area contributed by atoms with Crippen molar-refractivity contribution in [1.29, 1.82) is 0 Å². The van der Waals surface area contributed by atoms with Gasteiger partial charge in [0.2, 0.25) is 0 Å². The highest BCUT2D eigenvalue weighted by Gasteiger charge is 2.51. The number of nitrogens with one attached hydrogen (secondary N) is 1. The first kappa shape index (κ1) is 19.5. The second kappa shape index (κ2) is 7.65. The third-order valence-corrected chi connectivity index (χ3v) is 8.18. The van der Waals surface area contributed by atoms with Gasteiger partial charge in [-0.15, -0.1) is 0 Å². The molecule has 0 radical (unpaired) electrons. The van der Waals surface area contributed by atoms with E-state index >= 15 is 0 Å². The quantitative estimate of drug-likeness (QED) is 0.734. The van der Waals surface area contributed by atoms with Crippen molar-refractivity contribution in [3.8, 4) is 11.1 Å². The number of thioether (sulfide) groups is 1. The lowest BCUT2D eigenvalue weighted by Gasteiger charge is -2.38. The Morgan fingerprint density at radius 2 is 1.57 bits per heavy atom. The van der Waals surface area contributed by atoms with E-state index in [4.69, 9.17) is 9.47 Å². The maximum absolute atomic E-state index is 12.8. The first-order valence-corrected chi connectivity index (χ1v) is 11.4. The zero-order chi connectivity index (χ0) is 20.7. The van der Waals surface area contributed by atoms with Gasteiger partial charge in [0.05, 0.1) is 7.11 Å². The van der Waals surface area contributed by atoms with Gasteiger partial charge in [0.1, 0.15) is 12.1 Å². The van der Waals surface area contributed by atoms with Crippen LogP contribution >= 0.6 is 11.8 Å². The van der Waals surface area contributed by atoms with Gasteiger partial charge >= 0.3 is 12.1 Å². The molecule has 2 aliphatic heterocycles. The third-order valence-electron chi connectivity index (χ3n) is 6.61. The molecule has 0 aromatic heterocycles. The van der Waals surface area contributed by atoms with Crippen molar-refractivity contribution < 1.29 is 19.1 Å². The molecule has 0 saturated carbocycles. The summed E-state index contributed by atoms with van der Waals surface area (Å²) in [6, 6.07) is 16.5. The van der Waals surface area contributed by atoms with E-state index in [1.54, 1.807) is 0 Å². The molecule has 3 aliphatic rings. The first-order chi connectivity index (χ1) is 14.6. The minimum atomic E-state index is -0.978. The van der Waals surface area contributed by atoms with Crippen molar-refractivity contribution >= 4 is 23.8 Å². The van der Waals surface area contributed by atoms with Crippen molar-refractivity contribution in [3.63, 3.8) is 0 Å². The molecule has 2 fully saturated rings. The van der Waals surface area contributed by atoms with Crippen LogP contribution in [0.5, 0.6) is 0 Å². The number of amides is 1. The minimum Gasteiger partial charge on any atom is -0.467 e. The first-order valence-electron chi connectivity index (χ1n) is 10.5. The van der Waals surface area contributed by atoms with Crippen LogP contribution in [0.1, 0.15) is 42.7 Å². The van der Waals surface area contributed by atoms with Crippen LogP contribution < -0.4 is 5.32 Å². The number of ether oxygens (including phenoxy) is 2. The van der Waals surface area contributed by atoms with Crippen molar-refractivity contribution in [1.82, 2.24) is 5.32 Å². The van der Waals surface area contributed by atoms with Crippen molar-refractivity contribution in [2.45, 2.75) is 47.6 Å². The zero-order valence-corrected chi connectivity index (χ0v) is 17.7. The predicted molar refractivity (Wildman–Crippen MR) is 117 cm³/mol. The van der Waals surface area contributed by atoms with E-state index < -0.39 is 11.6 Å². The van der Waals surface area contributed by atoms with Gasteiger partial charge in [0.25, 0.3) is 0 Å². The smallest absolute Gasteiger partial charge is 0.408 e. The van der Waals surface area contributed by atoms with Crippen LogP contribution in [0.3, 0.4) is 0 Å². The average Bonchev–Trinajstić information content (AvgIpc) is 3.28. The van der Waals surface area contributed by atoms with Crippen LogP contribution in [0.4, 0.5) is 4.79 Å². The van der Waals surface area contributed by atoms with E-state index in [0.29, 0.717) is 23.3 Å². The highest BCUT2D eigenvalue weighted by Crippen LogP contribution is 2.48. The Labute approximate surface area is 180 Å². The number of hydrogen-bond donors (Lipinski definition) is 1. The minimum absolute atomic E-state index is 0.00433. The summed E-state index contributed by atoms with van der Waals surface area (Å²) in [7, 11) is 1.38. The highest BCUT2D eigenvalue weighted by atomic mass is 32.2. The Balaban J connectivity index is 1.32. The van der Waals surface area contributed by atoms with Crippen molar-refractivity contribution in [2.75, 3.05) is 13.7 Å². The van der Waals surface area contributed by atoms with Gasteiger partial charge in [0, 0.05) is 16.4 Å². The largest absolute Gasteiger partial charge is 0.467 e. The Morgan fingerprint density at radius 3 is 2.13 bits per heavy atom. The summed E-state index contributed by atoms with van der Waals surface area (Å²) >= 11 is 1.93. The van der Waals surface area contributed by atoms with Crippen molar-refractivity contribution in [3.05, 3.63) is 59.7 Å². The molecule has 5 rings (SSSR count). The van der Waals surface area contributed by atoms with Crippen LogP contribution in [0, 0.1) is 0 Å². The van der Waals surface area contributed by atoms with E-state index in [1.165, 1.54) is 29.4 Å².